The largest absolute Gasteiger partial charge is 0.493 e. The van der Waals surface area contributed by atoms with Gasteiger partial charge < -0.3 is 25.9 Å². The number of nitrogens with two attached hydrogens (primary N) is 1. The molecular formula is C16H18N4O3. The molecule has 2 aromatic heterocycles. The molecule has 0 bridgehead atoms. The Hall–Kier alpha value is -2.80. The molecule has 0 aliphatic heterocycles. The molecule has 0 saturated carbocycles. The molecule has 120 valence electrons. The molecule has 23 heavy (non-hydrogen) atoms. The number of aromatic hydroxyl groups is 1. The highest BCUT2D eigenvalue weighted by atomic mass is 16.5. The van der Waals surface area contributed by atoms with Crippen LogP contribution in [0.2, 0.25) is 0 Å². The van der Waals surface area contributed by atoms with Crippen LogP contribution in [0.1, 0.15) is 17.4 Å². The first-order chi connectivity index (χ1) is 11.0. The van der Waals surface area contributed by atoms with E-state index in [-0.39, 0.29) is 11.9 Å². The number of anilines is 1. The number of pyridine rings is 1. The number of fused-ring (bicyclic) bond motifs is 3. The number of carbonyl (C=O) groups is 1. The number of esters is 1. The number of aromatic nitrogens is 2. The van der Waals surface area contributed by atoms with Crippen LogP contribution in [0.5, 0.6) is 5.88 Å². The van der Waals surface area contributed by atoms with Crippen molar-refractivity contribution >= 4 is 33.5 Å². The average molecular weight is 314 g/mol. The zero-order valence-corrected chi connectivity index (χ0v) is 12.9. The van der Waals surface area contributed by atoms with E-state index in [4.69, 9.17) is 10.5 Å². The molecule has 0 fully saturated rings. The fraction of sp³-hybridized carbons (Fsp3) is 0.250. The second kappa shape index (κ2) is 5.77. The molecule has 1 atom stereocenters. The first kappa shape index (κ1) is 15.1. The molecule has 0 aliphatic carbocycles. The van der Waals surface area contributed by atoms with E-state index in [9.17, 15) is 9.90 Å². The molecule has 0 aliphatic rings. The Morgan fingerprint density at radius 2 is 2.22 bits per heavy atom. The maximum absolute atomic E-state index is 12.1. The van der Waals surface area contributed by atoms with Gasteiger partial charge in [-0.2, -0.15) is 0 Å². The molecule has 7 nitrogen and oxygen atoms in total. The van der Waals surface area contributed by atoms with Gasteiger partial charge in [0.2, 0.25) is 5.88 Å². The summed E-state index contributed by atoms with van der Waals surface area (Å²) in [5, 5.41) is 14.4. The van der Waals surface area contributed by atoms with Crippen molar-refractivity contribution in [3.05, 3.63) is 30.0 Å². The van der Waals surface area contributed by atoms with Gasteiger partial charge in [0.25, 0.3) is 0 Å². The number of nitrogens with one attached hydrogen (secondary N) is 2. The fourth-order valence-corrected chi connectivity index (χ4v) is 2.58. The van der Waals surface area contributed by atoms with Crippen molar-refractivity contribution in [2.24, 2.45) is 5.73 Å². The molecular weight excluding hydrogens is 296 g/mol. The second-order valence-electron chi connectivity index (χ2n) is 5.45. The van der Waals surface area contributed by atoms with E-state index >= 15 is 0 Å². The second-order valence-corrected chi connectivity index (χ2v) is 5.45. The number of rotatable bonds is 4. The zero-order chi connectivity index (χ0) is 16.6. The maximum atomic E-state index is 12.1. The van der Waals surface area contributed by atoms with Gasteiger partial charge in [0.1, 0.15) is 5.69 Å². The molecule has 2 heterocycles. The Kier molecular flexibility index (Phi) is 3.79. The fourth-order valence-electron chi connectivity index (χ4n) is 2.58. The lowest BCUT2D eigenvalue weighted by molar-refractivity contribution is 0.0596. The third kappa shape index (κ3) is 2.66. The number of H-pyrrole nitrogens is 1. The summed E-state index contributed by atoms with van der Waals surface area (Å²) in [4.78, 5) is 19.2. The molecule has 3 rings (SSSR count). The van der Waals surface area contributed by atoms with Crippen molar-refractivity contribution in [1.82, 2.24) is 9.97 Å². The molecule has 0 saturated heterocycles. The van der Waals surface area contributed by atoms with Crippen LogP contribution in [0.4, 0.5) is 5.69 Å². The number of hydrogen-bond acceptors (Lipinski definition) is 6. The Bertz CT molecular complexity index is 886. The number of aromatic amines is 1. The van der Waals surface area contributed by atoms with Crippen LogP contribution in [0.15, 0.2) is 24.3 Å². The van der Waals surface area contributed by atoms with Gasteiger partial charge in [0.05, 0.1) is 18.3 Å². The molecule has 1 aromatic carbocycles. The van der Waals surface area contributed by atoms with E-state index in [1.54, 1.807) is 12.1 Å². The molecule has 3 aromatic rings. The highest BCUT2D eigenvalue weighted by Crippen LogP contribution is 2.34. The Morgan fingerprint density at radius 3 is 2.91 bits per heavy atom. The SMILES string of the molecule is COC(=O)c1[nH]c2ccc3nc(O)ccc3c2c1NC[C@@H](C)N. The zero-order valence-electron chi connectivity index (χ0n) is 12.9. The minimum atomic E-state index is -0.465. The minimum Gasteiger partial charge on any atom is -0.493 e. The lowest BCUT2D eigenvalue weighted by atomic mass is 10.1. The monoisotopic (exact) mass is 314 g/mol. The van der Waals surface area contributed by atoms with Gasteiger partial charge in [-0.25, -0.2) is 9.78 Å². The summed E-state index contributed by atoms with van der Waals surface area (Å²) in [6.07, 6.45) is 0. The molecule has 0 amide bonds. The van der Waals surface area contributed by atoms with Crippen LogP contribution < -0.4 is 11.1 Å². The van der Waals surface area contributed by atoms with Gasteiger partial charge in [-0.05, 0) is 25.1 Å². The summed E-state index contributed by atoms with van der Waals surface area (Å²) < 4.78 is 4.85. The van der Waals surface area contributed by atoms with Crippen LogP contribution in [0.3, 0.4) is 0 Å². The number of hydrogen-bond donors (Lipinski definition) is 4. The van der Waals surface area contributed by atoms with Crippen molar-refractivity contribution < 1.29 is 14.6 Å². The molecule has 5 N–H and O–H groups in total. The third-order valence-electron chi connectivity index (χ3n) is 3.61. The molecule has 0 radical (unpaired) electrons. The lowest BCUT2D eigenvalue weighted by Crippen LogP contribution is -2.25. The summed E-state index contributed by atoms with van der Waals surface area (Å²) in [5.74, 6) is -0.515. The Labute approximate surface area is 132 Å². The van der Waals surface area contributed by atoms with Gasteiger partial charge in [0.15, 0.2) is 0 Å². The van der Waals surface area contributed by atoms with Gasteiger partial charge in [0, 0.05) is 34.9 Å². The lowest BCUT2D eigenvalue weighted by Gasteiger charge is -2.11. The van der Waals surface area contributed by atoms with Gasteiger partial charge >= 0.3 is 5.97 Å². The van der Waals surface area contributed by atoms with Crippen molar-refractivity contribution in [2.45, 2.75) is 13.0 Å². The first-order valence-corrected chi connectivity index (χ1v) is 7.23. The Morgan fingerprint density at radius 1 is 1.43 bits per heavy atom. The first-order valence-electron chi connectivity index (χ1n) is 7.23. The summed E-state index contributed by atoms with van der Waals surface area (Å²) in [6.45, 7) is 2.37. The number of methoxy groups -OCH3 is 1. The third-order valence-corrected chi connectivity index (χ3v) is 3.61. The number of ether oxygens (including phenoxy) is 1. The normalized spacial score (nSPS) is 12.5. The number of nitrogens with zero attached hydrogens (tertiary/aromatic N) is 1. The number of benzene rings is 1. The van der Waals surface area contributed by atoms with Gasteiger partial charge in [-0.1, -0.05) is 0 Å². The van der Waals surface area contributed by atoms with Crippen LogP contribution >= 0.6 is 0 Å². The van der Waals surface area contributed by atoms with Crippen molar-refractivity contribution in [2.75, 3.05) is 19.0 Å². The molecule has 0 unspecified atom stereocenters. The smallest absolute Gasteiger partial charge is 0.356 e. The van der Waals surface area contributed by atoms with E-state index in [1.807, 2.05) is 13.0 Å². The maximum Gasteiger partial charge on any atom is 0.356 e. The van der Waals surface area contributed by atoms with E-state index < -0.39 is 5.97 Å². The predicted octanol–water partition coefficient (Wildman–Crippen LogP) is 1.97. The topological polar surface area (TPSA) is 113 Å². The summed E-state index contributed by atoms with van der Waals surface area (Å²) >= 11 is 0. The van der Waals surface area contributed by atoms with E-state index in [2.05, 4.69) is 15.3 Å². The molecule has 7 heteroatoms. The van der Waals surface area contributed by atoms with Gasteiger partial charge in [-0.15, -0.1) is 0 Å². The van der Waals surface area contributed by atoms with E-state index in [0.29, 0.717) is 23.4 Å². The van der Waals surface area contributed by atoms with Crippen molar-refractivity contribution in [3.63, 3.8) is 0 Å². The average Bonchev–Trinajstić information content (AvgIpc) is 2.90. The summed E-state index contributed by atoms with van der Waals surface area (Å²) in [6, 6.07) is 6.80. The van der Waals surface area contributed by atoms with Crippen LogP contribution in [0, 0.1) is 0 Å². The summed E-state index contributed by atoms with van der Waals surface area (Å²) in [5.41, 5.74) is 8.19. The molecule has 0 spiro atoms. The minimum absolute atomic E-state index is 0.0503. The number of carbonyl (C=O) groups excluding carboxylic acids is 1. The highest BCUT2D eigenvalue weighted by Gasteiger charge is 2.20. The van der Waals surface area contributed by atoms with Crippen LogP contribution in [-0.4, -0.2) is 40.7 Å². The Balaban J connectivity index is 2.29. The quantitative estimate of drug-likeness (QED) is 0.548. The van der Waals surface area contributed by atoms with Crippen molar-refractivity contribution in [1.29, 1.82) is 0 Å². The van der Waals surface area contributed by atoms with E-state index in [0.717, 1.165) is 16.3 Å². The van der Waals surface area contributed by atoms with E-state index in [1.165, 1.54) is 13.2 Å². The van der Waals surface area contributed by atoms with Gasteiger partial charge in [-0.3, -0.25) is 0 Å². The van der Waals surface area contributed by atoms with Crippen LogP contribution in [-0.2, 0) is 4.74 Å². The van der Waals surface area contributed by atoms with Crippen LogP contribution in [0.25, 0.3) is 21.8 Å². The highest BCUT2D eigenvalue weighted by molar-refractivity contribution is 6.16. The van der Waals surface area contributed by atoms with Crippen molar-refractivity contribution in [3.8, 4) is 5.88 Å². The standard InChI is InChI=1S/C16H18N4O3/c1-8(17)7-18-14-13-9-3-6-12(21)19-10(9)4-5-11(13)20-15(14)16(22)23-2/h3-6,8,18,20H,7,17H2,1-2H3,(H,19,21)/t8-/m1/s1. The summed E-state index contributed by atoms with van der Waals surface area (Å²) in [7, 11) is 1.33. The predicted molar refractivity (Wildman–Crippen MR) is 88.7 cm³/mol.